The Hall–Kier alpha value is -1.36. The van der Waals surface area contributed by atoms with E-state index in [4.69, 9.17) is 0 Å². The summed E-state index contributed by atoms with van der Waals surface area (Å²) in [6, 6.07) is 3.25. The number of carbonyl (C=O) groups is 2. The average Bonchev–Trinajstić information content (AvgIpc) is 2.95. The lowest BCUT2D eigenvalue weighted by Crippen LogP contribution is -2.63. The van der Waals surface area contributed by atoms with E-state index in [9.17, 15) is 9.59 Å². The monoisotopic (exact) mass is 294 g/mol. The second-order valence-electron chi connectivity index (χ2n) is 5.21. The van der Waals surface area contributed by atoms with Crippen molar-refractivity contribution in [1.29, 1.82) is 0 Å². The zero-order valence-electron chi connectivity index (χ0n) is 12.3. The molecule has 0 radical (unpaired) electrons. The molecule has 1 saturated heterocycles. The number of nitrogens with zero attached hydrogens (tertiary/aromatic N) is 1. The van der Waals surface area contributed by atoms with E-state index in [2.05, 4.69) is 5.32 Å². The first kappa shape index (κ1) is 15.0. The summed E-state index contributed by atoms with van der Waals surface area (Å²) in [7, 11) is 0. The minimum atomic E-state index is -0.363. The van der Waals surface area contributed by atoms with Crippen molar-refractivity contribution in [1.82, 2.24) is 10.2 Å². The molecule has 3 unspecified atom stereocenters. The van der Waals surface area contributed by atoms with Gasteiger partial charge in [-0.1, -0.05) is 26.3 Å². The molecule has 110 valence electrons. The van der Waals surface area contributed by atoms with Crippen molar-refractivity contribution < 1.29 is 9.59 Å². The van der Waals surface area contributed by atoms with E-state index in [1.807, 2.05) is 38.3 Å². The fourth-order valence-corrected chi connectivity index (χ4v) is 3.56. The highest BCUT2D eigenvalue weighted by Crippen LogP contribution is 2.30. The summed E-state index contributed by atoms with van der Waals surface area (Å²) in [5.74, 6) is 0.0353. The van der Waals surface area contributed by atoms with Crippen molar-refractivity contribution in [2.45, 2.75) is 58.2 Å². The van der Waals surface area contributed by atoms with Gasteiger partial charge in [0.1, 0.15) is 12.1 Å². The number of rotatable bonds is 5. The Bertz CT molecular complexity index is 472. The Morgan fingerprint density at radius 1 is 1.40 bits per heavy atom. The molecular weight excluding hydrogens is 272 g/mol. The van der Waals surface area contributed by atoms with E-state index < -0.39 is 0 Å². The molecule has 1 fully saturated rings. The number of hydrogen-bond acceptors (Lipinski definition) is 3. The second-order valence-corrected chi connectivity index (χ2v) is 6.19. The van der Waals surface area contributed by atoms with E-state index in [0.29, 0.717) is 12.8 Å². The highest BCUT2D eigenvalue weighted by atomic mass is 32.1. The van der Waals surface area contributed by atoms with Crippen molar-refractivity contribution in [2.75, 3.05) is 0 Å². The highest BCUT2D eigenvalue weighted by molar-refractivity contribution is 7.10. The van der Waals surface area contributed by atoms with Crippen LogP contribution in [0.25, 0.3) is 0 Å². The van der Waals surface area contributed by atoms with Crippen LogP contribution < -0.4 is 5.32 Å². The van der Waals surface area contributed by atoms with Gasteiger partial charge in [-0.3, -0.25) is 9.59 Å². The lowest BCUT2D eigenvalue weighted by atomic mass is 9.99. The summed E-state index contributed by atoms with van der Waals surface area (Å²) >= 11 is 1.63. The Morgan fingerprint density at radius 3 is 2.70 bits per heavy atom. The Balaban J connectivity index is 2.29. The zero-order chi connectivity index (χ0) is 14.7. The summed E-state index contributed by atoms with van der Waals surface area (Å²) in [6.45, 7) is 5.98. The standard InChI is InChI=1S/C15H22N2O2S/c1-4-7-11-15(19)17(12(5-2)14(18)16-11)10(3)13-8-6-9-20-13/h6,8-12H,4-5,7H2,1-3H3,(H,16,18). The number of piperazine rings is 1. The molecule has 2 amide bonds. The predicted molar refractivity (Wildman–Crippen MR) is 80.5 cm³/mol. The third-order valence-electron chi connectivity index (χ3n) is 3.84. The minimum absolute atomic E-state index is 0.0195. The van der Waals surface area contributed by atoms with Crippen molar-refractivity contribution in [2.24, 2.45) is 0 Å². The van der Waals surface area contributed by atoms with E-state index in [1.165, 1.54) is 0 Å². The summed E-state index contributed by atoms with van der Waals surface area (Å²) in [5, 5.41) is 4.88. The van der Waals surface area contributed by atoms with Crippen LogP contribution in [0.5, 0.6) is 0 Å². The van der Waals surface area contributed by atoms with Crippen molar-refractivity contribution in [3.63, 3.8) is 0 Å². The quantitative estimate of drug-likeness (QED) is 0.907. The smallest absolute Gasteiger partial charge is 0.246 e. The summed E-state index contributed by atoms with van der Waals surface area (Å²) < 4.78 is 0. The molecule has 2 heterocycles. The molecule has 3 atom stereocenters. The molecule has 2 rings (SSSR count). The van der Waals surface area contributed by atoms with Crippen LogP contribution in [0, 0.1) is 0 Å². The van der Waals surface area contributed by atoms with Gasteiger partial charge in [-0.05, 0) is 31.2 Å². The van der Waals surface area contributed by atoms with Gasteiger partial charge in [-0.2, -0.15) is 0 Å². The lowest BCUT2D eigenvalue weighted by Gasteiger charge is -2.41. The van der Waals surface area contributed by atoms with E-state index in [-0.39, 0.29) is 29.9 Å². The molecule has 0 aromatic carbocycles. The van der Waals surface area contributed by atoms with Crippen molar-refractivity contribution in [3.8, 4) is 0 Å². The van der Waals surface area contributed by atoms with Crippen LogP contribution in [0.2, 0.25) is 0 Å². The molecule has 1 aliphatic rings. The molecule has 1 aromatic rings. The number of nitrogens with one attached hydrogen (secondary N) is 1. The number of amides is 2. The van der Waals surface area contributed by atoms with Crippen LogP contribution >= 0.6 is 11.3 Å². The maximum atomic E-state index is 12.7. The second kappa shape index (κ2) is 6.39. The van der Waals surface area contributed by atoms with Crippen LogP contribution in [0.15, 0.2) is 17.5 Å². The van der Waals surface area contributed by atoms with Gasteiger partial charge in [0.25, 0.3) is 0 Å². The summed E-state index contributed by atoms with van der Waals surface area (Å²) in [5.41, 5.74) is 0. The molecule has 20 heavy (non-hydrogen) atoms. The van der Waals surface area contributed by atoms with Gasteiger partial charge in [0.05, 0.1) is 6.04 Å². The number of thiophene rings is 1. The van der Waals surface area contributed by atoms with Crippen LogP contribution in [0.4, 0.5) is 0 Å². The van der Waals surface area contributed by atoms with E-state index in [1.54, 1.807) is 16.2 Å². The molecule has 0 spiro atoms. The van der Waals surface area contributed by atoms with Gasteiger partial charge >= 0.3 is 0 Å². The highest BCUT2D eigenvalue weighted by Gasteiger charge is 2.41. The molecule has 4 nitrogen and oxygen atoms in total. The Kier molecular flexibility index (Phi) is 4.81. The Morgan fingerprint density at radius 2 is 2.15 bits per heavy atom. The SMILES string of the molecule is CCCC1NC(=O)C(CC)N(C(C)c2cccs2)C1=O. The number of hydrogen-bond donors (Lipinski definition) is 1. The summed E-state index contributed by atoms with van der Waals surface area (Å²) in [4.78, 5) is 27.8. The Labute approximate surface area is 124 Å². The van der Waals surface area contributed by atoms with Gasteiger partial charge < -0.3 is 10.2 Å². The van der Waals surface area contributed by atoms with Crippen LogP contribution in [0.3, 0.4) is 0 Å². The molecule has 1 aliphatic heterocycles. The summed E-state index contributed by atoms with van der Waals surface area (Å²) in [6.07, 6.45) is 2.23. The van der Waals surface area contributed by atoms with Crippen molar-refractivity contribution in [3.05, 3.63) is 22.4 Å². The predicted octanol–water partition coefficient (Wildman–Crippen LogP) is 2.71. The van der Waals surface area contributed by atoms with Gasteiger partial charge in [0.2, 0.25) is 11.8 Å². The first-order chi connectivity index (χ1) is 9.60. The van der Waals surface area contributed by atoms with Crippen LogP contribution in [0.1, 0.15) is 51.0 Å². The van der Waals surface area contributed by atoms with Gasteiger partial charge in [0.15, 0.2) is 0 Å². The van der Waals surface area contributed by atoms with E-state index >= 15 is 0 Å². The molecule has 0 saturated carbocycles. The first-order valence-corrected chi connectivity index (χ1v) is 8.14. The molecule has 1 aromatic heterocycles. The maximum Gasteiger partial charge on any atom is 0.246 e. The zero-order valence-corrected chi connectivity index (χ0v) is 13.1. The van der Waals surface area contributed by atoms with Crippen molar-refractivity contribution >= 4 is 23.2 Å². The van der Waals surface area contributed by atoms with Gasteiger partial charge in [-0.25, -0.2) is 0 Å². The fraction of sp³-hybridized carbons (Fsp3) is 0.600. The third kappa shape index (κ3) is 2.73. The number of carbonyl (C=O) groups excluding carboxylic acids is 2. The molecule has 1 N–H and O–H groups in total. The largest absolute Gasteiger partial charge is 0.343 e. The van der Waals surface area contributed by atoms with Crippen LogP contribution in [-0.4, -0.2) is 28.8 Å². The van der Waals surface area contributed by atoms with Crippen LogP contribution in [-0.2, 0) is 9.59 Å². The van der Waals surface area contributed by atoms with Gasteiger partial charge in [0, 0.05) is 4.88 Å². The first-order valence-electron chi connectivity index (χ1n) is 7.26. The topological polar surface area (TPSA) is 49.4 Å². The third-order valence-corrected chi connectivity index (χ3v) is 4.89. The molecule has 5 heteroatoms. The molecular formula is C15H22N2O2S. The fourth-order valence-electron chi connectivity index (χ4n) is 2.78. The maximum absolute atomic E-state index is 12.7. The molecule has 0 bridgehead atoms. The lowest BCUT2D eigenvalue weighted by molar-refractivity contribution is -0.152. The normalized spacial score (nSPS) is 24.6. The minimum Gasteiger partial charge on any atom is -0.343 e. The molecule has 0 aliphatic carbocycles. The van der Waals surface area contributed by atoms with E-state index in [0.717, 1.165) is 11.3 Å². The average molecular weight is 294 g/mol. The van der Waals surface area contributed by atoms with Gasteiger partial charge in [-0.15, -0.1) is 11.3 Å².